The van der Waals surface area contributed by atoms with Crippen molar-refractivity contribution in [2.45, 2.75) is 6.92 Å². The van der Waals surface area contributed by atoms with E-state index in [0.717, 1.165) is 0 Å². The fraction of sp³-hybridized carbons (Fsp3) is 0.333. The van der Waals surface area contributed by atoms with Gasteiger partial charge in [0.15, 0.2) is 0 Å². The Kier molecular flexibility index (Phi) is 13.3. The van der Waals surface area contributed by atoms with Crippen LogP contribution in [0, 0.1) is 0 Å². The summed E-state index contributed by atoms with van der Waals surface area (Å²) < 4.78 is 31.6. The summed E-state index contributed by atoms with van der Waals surface area (Å²) >= 11 is 0. The fourth-order valence-electron chi connectivity index (χ4n) is 0. The highest BCUT2D eigenvalue weighted by Crippen LogP contribution is 1.59. The molecule has 0 aliphatic heterocycles. The standard InChI is InChI=1S/C3H6.H3N.H2O4S/c1-3-2;;1-5(2,3)4/h3H,1H2,2H3;1H3;(H2,1,2,3,4). The normalized spacial score (nSPS) is 7.89. The van der Waals surface area contributed by atoms with Crippen molar-refractivity contribution in [1.82, 2.24) is 6.15 Å². The van der Waals surface area contributed by atoms with Gasteiger partial charge < -0.3 is 6.15 Å². The Morgan fingerprint density at radius 3 is 1.44 bits per heavy atom. The van der Waals surface area contributed by atoms with Gasteiger partial charge in [-0.15, -0.1) is 6.58 Å². The van der Waals surface area contributed by atoms with Gasteiger partial charge in [0.05, 0.1) is 0 Å². The maximum atomic E-state index is 8.74. The van der Waals surface area contributed by atoms with Crippen LogP contribution in [0.4, 0.5) is 0 Å². The van der Waals surface area contributed by atoms with Gasteiger partial charge in [-0.1, -0.05) is 6.08 Å². The second-order valence-corrected chi connectivity index (χ2v) is 1.75. The van der Waals surface area contributed by atoms with E-state index < -0.39 is 10.4 Å². The SMILES string of the molecule is C=CC.N.O=S(=O)(O)O. The van der Waals surface area contributed by atoms with Crippen LogP contribution in [0.15, 0.2) is 12.7 Å². The lowest BCUT2D eigenvalue weighted by Gasteiger charge is -1.68. The number of allylic oxidation sites excluding steroid dienone is 1. The molecule has 0 aromatic rings. The second-order valence-electron chi connectivity index (χ2n) is 0.856. The third kappa shape index (κ3) is 1270. The van der Waals surface area contributed by atoms with Crippen molar-refractivity contribution in [2.24, 2.45) is 0 Å². The van der Waals surface area contributed by atoms with E-state index in [2.05, 4.69) is 6.58 Å². The minimum Gasteiger partial charge on any atom is -0.344 e. The van der Waals surface area contributed by atoms with Crippen molar-refractivity contribution in [3.05, 3.63) is 12.7 Å². The largest absolute Gasteiger partial charge is 0.394 e. The van der Waals surface area contributed by atoms with E-state index in [1.807, 2.05) is 6.92 Å². The van der Waals surface area contributed by atoms with Crippen LogP contribution in [-0.2, 0) is 10.4 Å². The lowest BCUT2D eigenvalue weighted by molar-refractivity contribution is 0.381. The first-order valence-corrected chi connectivity index (χ1v) is 3.08. The van der Waals surface area contributed by atoms with Gasteiger partial charge in [-0.05, 0) is 6.92 Å². The van der Waals surface area contributed by atoms with Gasteiger partial charge in [0.1, 0.15) is 0 Å². The van der Waals surface area contributed by atoms with Crippen molar-refractivity contribution in [2.75, 3.05) is 0 Å². The molecule has 0 saturated heterocycles. The molecule has 5 N–H and O–H groups in total. The van der Waals surface area contributed by atoms with E-state index >= 15 is 0 Å². The van der Waals surface area contributed by atoms with Gasteiger partial charge in [-0.25, -0.2) is 0 Å². The smallest absolute Gasteiger partial charge is 0.344 e. The first-order chi connectivity index (χ1) is 3.41. The molecule has 0 aromatic carbocycles. The third-order valence-corrected chi connectivity index (χ3v) is 0. The van der Waals surface area contributed by atoms with Crippen LogP contribution in [0.2, 0.25) is 0 Å². The predicted octanol–water partition coefficient (Wildman–Crippen LogP) is 0.701. The maximum absolute atomic E-state index is 8.74. The number of hydrogen-bond acceptors (Lipinski definition) is 3. The van der Waals surface area contributed by atoms with E-state index in [1.54, 1.807) is 6.08 Å². The molecule has 9 heavy (non-hydrogen) atoms. The highest BCUT2D eigenvalue weighted by atomic mass is 32.3. The summed E-state index contributed by atoms with van der Waals surface area (Å²) in [6, 6.07) is 0. The molecule has 0 spiro atoms. The topological polar surface area (TPSA) is 110 Å². The average molecular weight is 157 g/mol. The van der Waals surface area contributed by atoms with Gasteiger partial charge in [-0.2, -0.15) is 8.42 Å². The number of rotatable bonds is 0. The van der Waals surface area contributed by atoms with Gasteiger partial charge in [-0.3, -0.25) is 9.11 Å². The van der Waals surface area contributed by atoms with Crippen LogP contribution in [0.5, 0.6) is 0 Å². The van der Waals surface area contributed by atoms with E-state index in [4.69, 9.17) is 17.5 Å². The van der Waals surface area contributed by atoms with Crippen molar-refractivity contribution in [3.8, 4) is 0 Å². The highest BCUT2D eigenvalue weighted by Gasteiger charge is 1.84. The molecule has 0 aliphatic carbocycles. The van der Waals surface area contributed by atoms with Crippen LogP contribution in [0.1, 0.15) is 6.92 Å². The van der Waals surface area contributed by atoms with Gasteiger partial charge in [0, 0.05) is 0 Å². The molecule has 6 heteroatoms. The van der Waals surface area contributed by atoms with Crippen LogP contribution < -0.4 is 6.15 Å². The summed E-state index contributed by atoms with van der Waals surface area (Å²) in [5.41, 5.74) is 0. The molecule has 0 bridgehead atoms. The Morgan fingerprint density at radius 1 is 1.44 bits per heavy atom. The first kappa shape index (κ1) is 15.8. The monoisotopic (exact) mass is 157 g/mol. The molecule has 0 aliphatic rings. The van der Waals surface area contributed by atoms with E-state index in [9.17, 15) is 0 Å². The summed E-state index contributed by atoms with van der Waals surface area (Å²) in [7, 11) is -4.67. The van der Waals surface area contributed by atoms with E-state index in [-0.39, 0.29) is 6.15 Å². The first-order valence-electron chi connectivity index (χ1n) is 1.68. The molecule has 0 radical (unpaired) electrons. The molecule has 0 aromatic heterocycles. The Morgan fingerprint density at radius 2 is 1.44 bits per heavy atom. The van der Waals surface area contributed by atoms with Crippen molar-refractivity contribution >= 4 is 10.4 Å². The fourth-order valence-corrected chi connectivity index (χ4v) is 0. The van der Waals surface area contributed by atoms with Crippen molar-refractivity contribution < 1.29 is 17.5 Å². The molecule has 0 fully saturated rings. The summed E-state index contributed by atoms with van der Waals surface area (Å²) in [5, 5.41) is 0. The Bertz CT molecular complexity index is 130. The van der Waals surface area contributed by atoms with Crippen LogP contribution in [-0.4, -0.2) is 17.5 Å². The zero-order chi connectivity index (χ0) is 7.21. The van der Waals surface area contributed by atoms with Gasteiger partial charge in [0.2, 0.25) is 0 Å². The quantitative estimate of drug-likeness (QED) is 0.354. The van der Waals surface area contributed by atoms with Gasteiger partial charge in [0.25, 0.3) is 0 Å². The zero-order valence-corrected chi connectivity index (χ0v) is 5.93. The van der Waals surface area contributed by atoms with Gasteiger partial charge >= 0.3 is 10.4 Å². The van der Waals surface area contributed by atoms with Crippen molar-refractivity contribution in [1.29, 1.82) is 0 Å². The number of hydrogen-bond donors (Lipinski definition) is 3. The lowest BCUT2D eigenvalue weighted by atomic mass is 10.8. The molecule has 0 atom stereocenters. The Balaban J connectivity index is -0.0000000800. The molecule has 0 amide bonds. The molecular weight excluding hydrogens is 146 g/mol. The Hall–Kier alpha value is -0.430. The van der Waals surface area contributed by atoms with Crippen LogP contribution in [0.25, 0.3) is 0 Å². The second kappa shape index (κ2) is 7.57. The van der Waals surface area contributed by atoms with E-state index in [1.165, 1.54) is 0 Å². The molecular formula is C3H11NO4S. The zero-order valence-electron chi connectivity index (χ0n) is 5.11. The summed E-state index contributed by atoms with van der Waals surface area (Å²) in [6.45, 7) is 5.25. The van der Waals surface area contributed by atoms with E-state index in [0.29, 0.717) is 0 Å². The summed E-state index contributed by atoms with van der Waals surface area (Å²) in [6.07, 6.45) is 1.75. The highest BCUT2D eigenvalue weighted by molar-refractivity contribution is 7.79. The summed E-state index contributed by atoms with van der Waals surface area (Å²) in [4.78, 5) is 0. The molecule has 58 valence electrons. The molecule has 0 rings (SSSR count). The molecule has 0 heterocycles. The average Bonchev–Trinajstić information content (AvgIpc) is 1.27. The van der Waals surface area contributed by atoms with Crippen molar-refractivity contribution in [3.63, 3.8) is 0 Å². The van der Waals surface area contributed by atoms with Crippen LogP contribution in [0.3, 0.4) is 0 Å². The molecule has 0 saturated carbocycles. The summed E-state index contributed by atoms with van der Waals surface area (Å²) in [5.74, 6) is 0. The van der Waals surface area contributed by atoms with Crippen LogP contribution >= 0.6 is 0 Å². The Labute approximate surface area is 54.6 Å². The lowest BCUT2D eigenvalue weighted by Crippen LogP contribution is -1.89. The molecule has 0 unspecified atom stereocenters. The molecule has 5 nitrogen and oxygen atoms in total. The third-order valence-electron chi connectivity index (χ3n) is 0. The maximum Gasteiger partial charge on any atom is 0.394 e. The minimum absolute atomic E-state index is 0. The minimum atomic E-state index is -4.67. The predicted molar refractivity (Wildman–Crippen MR) is 35.1 cm³/mol.